The zero-order valence-corrected chi connectivity index (χ0v) is 19.1. The molecule has 2 aromatic carbocycles. The summed E-state index contributed by atoms with van der Waals surface area (Å²) in [6, 6.07) is 11.9. The maximum atomic E-state index is 12.2. The lowest BCUT2D eigenvalue weighted by atomic mass is 10.1. The minimum atomic E-state index is -0.485. The van der Waals surface area contributed by atoms with Crippen LogP contribution in [0.2, 0.25) is 16.1 Å². The van der Waals surface area contributed by atoms with E-state index in [4.69, 9.17) is 37.1 Å². The van der Waals surface area contributed by atoms with Gasteiger partial charge in [0.1, 0.15) is 0 Å². The van der Waals surface area contributed by atoms with Crippen molar-refractivity contribution in [1.82, 2.24) is 0 Å². The molecule has 3 rings (SSSR count). The highest BCUT2D eigenvalue weighted by Crippen LogP contribution is 2.36. The summed E-state index contributed by atoms with van der Waals surface area (Å²) in [6.07, 6.45) is 2.67. The lowest BCUT2D eigenvalue weighted by molar-refractivity contribution is -0.0273. The molecule has 0 aliphatic carbocycles. The van der Waals surface area contributed by atoms with Crippen LogP contribution in [-0.2, 0) is 13.9 Å². The Morgan fingerprint density at radius 1 is 1.21 bits per heavy atom. The summed E-state index contributed by atoms with van der Waals surface area (Å²) >= 11 is 12.5. The van der Waals surface area contributed by atoms with E-state index in [-0.39, 0.29) is 6.79 Å². The Labute approximate surface area is 184 Å². The van der Waals surface area contributed by atoms with Gasteiger partial charge in [0.05, 0.1) is 27.0 Å². The molecule has 0 saturated carbocycles. The Bertz CT molecular complexity index is 789. The summed E-state index contributed by atoms with van der Waals surface area (Å²) < 4.78 is 15.2. The van der Waals surface area contributed by atoms with Crippen LogP contribution in [0.4, 0.5) is 11.4 Å². The van der Waals surface area contributed by atoms with Crippen molar-refractivity contribution < 1.29 is 18.7 Å². The van der Waals surface area contributed by atoms with E-state index in [1.165, 1.54) is 18.9 Å². The van der Waals surface area contributed by atoms with Crippen LogP contribution in [0.5, 0.6) is 0 Å². The van der Waals surface area contributed by atoms with E-state index in [0.29, 0.717) is 33.6 Å². The van der Waals surface area contributed by atoms with Crippen molar-refractivity contribution >= 4 is 50.3 Å². The van der Waals surface area contributed by atoms with Crippen LogP contribution in [0.25, 0.3) is 0 Å². The van der Waals surface area contributed by atoms with Gasteiger partial charge in [-0.1, -0.05) is 47.8 Å². The molecule has 0 bridgehead atoms. The first-order chi connectivity index (χ1) is 14.0. The molecule has 0 spiro atoms. The highest BCUT2D eigenvalue weighted by Gasteiger charge is 2.15. The minimum Gasteiger partial charge on any atom is -0.435 e. The Kier molecular flexibility index (Phi) is 10.5. The highest BCUT2D eigenvalue weighted by molar-refractivity contribution is 6.39. The zero-order valence-electron chi connectivity index (χ0n) is 16.6. The molecule has 0 amide bonds. The lowest BCUT2D eigenvalue weighted by Gasteiger charge is -2.15. The predicted molar refractivity (Wildman–Crippen MR) is 119 cm³/mol. The number of hydrogen-bond acceptors (Lipinski definition) is 5. The number of benzene rings is 2. The molecule has 1 aliphatic heterocycles. The average Bonchev–Trinajstić information content (AvgIpc) is 2.76. The standard InChI is InChI=1S/C17H17Cl2NO3.C4H8OSi/c1-3-22-10-23-17(21)12-6-4-5-7-14(12)20-16-13(18)9-8-11(2)15(16)19;1-2-4-6-5-3-1/h4-9,20H,3,10H2,1-2H3;1-4H2. The van der Waals surface area contributed by atoms with Gasteiger partial charge in [-0.05, 0) is 50.1 Å². The van der Waals surface area contributed by atoms with Crippen molar-refractivity contribution in [2.75, 3.05) is 25.3 Å². The van der Waals surface area contributed by atoms with E-state index in [9.17, 15) is 4.79 Å². The van der Waals surface area contributed by atoms with Gasteiger partial charge in [-0.25, -0.2) is 4.79 Å². The van der Waals surface area contributed by atoms with Crippen LogP contribution in [0.3, 0.4) is 0 Å². The van der Waals surface area contributed by atoms with E-state index in [0.717, 1.165) is 21.9 Å². The Morgan fingerprint density at radius 2 is 2.00 bits per heavy atom. The first kappa shape index (κ1) is 23.7. The number of para-hydroxylation sites is 1. The molecule has 2 radical (unpaired) electrons. The molecule has 0 atom stereocenters. The average molecular weight is 454 g/mol. The molecular formula is C21H25Cl2NO4Si. The quantitative estimate of drug-likeness (QED) is 0.250. The fourth-order valence-electron chi connectivity index (χ4n) is 2.45. The number of carbonyl (C=O) groups is 1. The van der Waals surface area contributed by atoms with Crippen molar-refractivity contribution in [3.63, 3.8) is 0 Å². The van der Waals surface area contributed by atoms with Gasteiger partial charge in [-0.3, -0.25) is 0 Å². The van der Waals surface area contributed by atoms with Crippen molar-refractivity contribution in [3.05, 3.63) is 57.6 Å². The Morgan fingerprint density at radius 3 is 2.62 bits per heavy atom. The van der Waals surface area contributed by atoms with Crippen LogP contribution in [0.1, 0.15) is 35.7 Å². The van der Waals surface area contributed by atoms with Crippen molar-refractivity contribution in [3.8, 4) is 0 Å². The smallest absolute Gasteiger partial charge is 0.342 e. The number of aryl methyl sites for hydroxylation is 1. The second-order valence-electron chi connectivity index (χ2n) is 6.22. The van der Waals surface area contributed by atoms with Gasteiger partial charge >= 0.3 is 5.97 Å². The van der Waals surface area contributed by atoms with Crippen LogP contribution in [0.15, 0.2) is 36.4 Å². The van der Waals surface area contributed by atoms with Crippen LogP contribution >= 0.6 is 23.2 Å². The highest BCUT2D eigenvalue weighted by atomic mass is 35.5. The number of anilines is 2. The molecule has 5 nitrogen and oxygen atoms in total. The lowest BCUT2D eigenvalue weighted by Crippen LogP contribution is -2.11. The molecule has 0 unspecified atom stereocenters. The molecule has 1 N–H and O–H groups in total. The third kappa shape index (κ3) is 7.64. The molecule has 1 saturated heterocycles. The maximum Gasteiger partial charge on any atom is 0.342 e. The fraction of sp³-hybridized carbons (Fsp3) is 0.381. The van der Waals surface area contributed by atoms with Gasteiger partial charge < -0.3 is 19.2 Å². The summed E-state index contributed by atoms with van der Waals surface area (Å²) in [5.41, 5.74) is 2.37. The number of ether oxygens (including phenoxy) is 2. The number of esters is 1. The first-order valence-electron chi connectivity index (χ1n) is 9.44. The van der Waals surface area contributed by atoms with E-state index in [1.54, 1.807) is 30.3 Å². The number of nitrogens with one attached hydrogen (secondary N) is 1. The fourth-order valence-corrected chi connectivity index (χ4v) is 3.74. The third-order valence-corrected chi connectivity index (χ3v) is 5.81. The molecular weight excluding hydrogens is 429 g/mol. The summed E-state index contributed by atoms with van der Waals surface area (Å²) in [7, 11) is 0.802. The SMILES string of the molecule is C1CC[Si]OC1.CCOCOC(=O)c1ccccc1Nc1c(Cl)ccc(C)c1Cl. The van der Waals surface area contributed by atoms with E-state index in [2.05, 4.69) is 5.32 Å². The summed E-state index contributed by atoms with van der Waals surface area (Å²) in [5.74, 6) is -0.485. The number of hydrogen-bond donors (Lipinski definition) is 1. The molecule has 1 fully saturated rings. The van der Waals surface area contributed by atoms with Crippen LogP contribution in [-0.4, -0.2) is 35.7 Å². The monoisotopic (exact) mass is 453 g/mol. The molecule has 1 aliphatic rings. The molecule has 29 heavy (non-hydrogen) atoms. The van der Waals surface area contributed by atoms with E-state index in [1.807, 2.05) is 19.9 Å². The normalized spacial score (nSPS) is 13.2. The number of carbonyl (C=O) groups excluding carboxylic acids is 1. The predicted octanol–water partition coefficient (Wildman–Crippen LogP) is 6.03. The number of rotatable bonds is 6. The molecule has 1 heterocycles. The van der Waals surface area contributed by atoms with Gasteiger partial charge in [0, 0.05) is 13.2 Å². The van der Waals surface area contributed by atoms with Gasteiger partial charge in [-0.15, -0.1) is 0 Å². The van der Waals surface area contributed by atoms with Gasteiger partial charge in [0.15, 0.2) is 6.79 Å². The summed E-state index contributed by atoms with van der Waals surface area (Å²) in [6.45, 7) is 5.10. The second-order valence-corrected chi connectivity index (χ2v) is 8.08. The largest absolute Gasteiger partial charge is 0.435 e. The van der Waals surface area contributed by atoms with Crippen molar-refractivity contribution in [1.29, 1.82) is 0 Å². The molecule has 156 valence electrons. The molecule has 8 heteroatoms. The first-order valence-corrected chi connectivity index (χ1v) is 11.3. The van der Waals surface area contributed by atoms with Crippen molar-refractivity contribution in [2.45, 2.75) is 32.7 Å². The second kappa shape index (κ2) is 12.9. The minimum absolute atomic E-state index is 0.0877. The molecule has 0 aromatic heterocycles. The zero-order chi connectivity index (χ0) is 21.1. The van der Waals surface area contributed by atoms with Gasteiger partial charge in [0.25, 0.3) is 0 Å². The van der Waals surface area contributed by atoms with Gasteiger partial charge in [-0.2, -0.15) is 0 Å². The van der Waals surface area contributed by atoms with E-state index < -0.39 is 5.97 Å². The Balaban J connectivity index is 0.000000426. The summed E-state index contributed by atoms with van der Waals surface area (Å²) in [4.78, 5) is 12.2. The number of halogens is 2. The van der Waals surface area contributed by atoms with Crippen LogP contribution in [0, 0.1) is 6.92 Å². The third-order valence-electron chi connectivity index (χ3n) is 4.05. The van der Waals surface area contributed by atoms with Crippen molar-refractivity contribution in [2.24, 2.45) is 0 Å². The molecule has 2 aromatic rings. The Hall–Kier alpha value is -1.57. The summed E-state index contributed by atoms with van der Waals surface area (Å²) in [5, 5.41) is 4.10. The van der Waals surface area contributed by atoms with Gasteiger partial charge in [0.2, 0.25) is 9.76 Å². The van der Waals surface area contributed by atoms with Crippen LogP contribution < -0.4 is 5.32 Å². The topological polar surface area (TPSA) is 56.8 Å². The maximum absolute atomic E-state index is 12.2. The van der Waals surface area contributed by atoms with E-state index >= 15 is 0 Å².